The van der Waals surface area contributed by atoms with Crippen LogP contribution in [0.1, 0.15) is 67.7 Å². The van der Waals surface area contributed by atoms with Gasteiger partial charge >= 0.3 is 12.1 Å². The summed E-state index contributed by atoms with van der Waals surface area (Å²) in [6, 6.07) is 6.26. The molecule has 28 heavy (non-hydrogen) atoms. The van der Waals surface area contributed by atoms with Crippen LogP contribution in [0.2, 0.25) is 0 Å². The first-order valence-corrected chi connectivity index (χ1v) is 9.31. The van der Waals surface area contributed by atoms with Crippen LogP contribution < -0.4 is 0 Å². The summed E-state index contributed by atoms with van der Waals surface area (Å²) in [6.45, 7) is 7.31. The molecule has 0 bridgehead atoms. The maximum absolute atomic E-state index is 13.1. The van der Waals surface area contributed by atoms with Crippen LogP contribution in [-0.2, 0) is 14.4 Å². The molecule has 1 aromatic rings. The number of hydrogen-bond donors (Lipinski definition) is 0. The first kappa shape index (κ1) is 19.9. The lowest BCUT2D eigenvalue weighted by Gasteiger charge is -2.36. The van der Waals surface area contributed by atoms with Gasteiger partial charge in [-0.25, -0.2) is 9.59 Å². The Morgan fingerprint density at radius 2 is 1.68 bits per heavy atom. The Bertz CT molecular complexity index is 808. The van der Waals surface area contributed by atoms with E-state index in [-0.39, 0.29) is 17.5 Å². The number of ether oxygens (including phenoxy) is 1. The van der Waals surface area contributed by atoms with E-state index in [2.05, 4.69) is 0 Å². The van der Waals surface area contributed by atoms with E-state index in [0.29, 0.717) is 24.4 Å². The molecular formula is C20H24N2O6. The topological polar surface area (TPSA) is 93.2 Å². The third kappa shape index (κ3) is 3.23. The second kappa shape index (κ2) is 6.92. The molecule has 1 fully saturated rings. The summed E-state index contributed by atoms with van der Waals surface area (Å²) in [4.78, 5) is 57.2. The summed E-state index contributed by atoms with van der Waals surface area (Å²) in [6.07, 6.45) is 0.606. The number of rotatable bonds is 3. The van der Waals surface area contributed by atoms with Gasteiger partial charge in [-0.15, -0.1) is 0 Å². The SMILES string of the molecule is CCC1(C(=O)ON2C(=O)c3ccccc3C2=O)CCCN1C(=O)OC(C)(C)C. The molecule has 3 amide bonds. The van der Waals surface area contributed by atoms with Crippen molar-refractivity contribution in [3.8, 4) is 0 Å². The Hall–Kier alpha value is -2.90. The molecule has 1 unspecified atom stereocenters. The quantitative estimate of drug-likeness (QED) is 0.739. The molecule has 0 aliphatic carbocycles. The summed E-state index contributed by atoms with van der Waals surface area (Å²) in [5.74, 6) is -2.20. The third-order valence-electron chi connectivity index (χ3n) is 5.00. The van der Waals surface area contributed by atoms with Crippen molar-refractivity contribution >= 4 is 23.9 Å². The standard InChI is InChI=1S/C20H24N2O6/c1-5-20(11-8-12-21(20)18(26)27-19(2,3)4)17(25)28-22-15(23)13-9-6-7-10-14(13)16(22)24/h6-7,9-10H,5,8,11-12H2,1-4H3. The lowest BCUT2D eigenvalue weighted by Crippen LogP contribution is -2.56. The Morgan fingerprint density at radius 1 is 1.11 bits per heavy atom. The molecule has 2 aliphatic heterocycles. The minimum absolute atomic E-state index is 0.182. The summed E-state index contributed by atoms with van der Waals surface area (Å²) < 4.78 is 5.42. The highest BCUT2D eigenvalue weighted by Crippen LogP contribution is 2.36. The van der Waals surface area contributed by atoms with Gasteiger partial charge in [0, 0.05) is 6.54 Å². The van der Waals surface area contributed by atoms with E-state index in [0.717, 1.165) is 0 Å². The van der Waals surface area contributed by atoms with E-state index in [4.69, 9.17) is 9.57 Å². The van der Waals surface area contributed by atoms with Gasteiger partial charge in [-0.1, -0.05) is 24.1 Å². The fourth-order valence-electron chi connectivity index (χ4n) is 3.60. The van der Waals surface area contributed by atoms with E-state index >= 15 is 0 Å². The fourth-order valence-corrected chi connectivity index (χ4v) is 3.60. The van der Waals surface area contributed by atoms with Crippen molar-refractivity contribution in [2.75, 3.05) is 6.54 Å². The largest absolute Gasteiger partial charge is 0.444 e. The molecule has 1 saturated heterocycles. The summed E-state index contributed by atoms with van der Waals surface area (Å²) in [7, 11) is 0. The van der Waals surface area contributed by atoms with Gasteiger partial charge < -0.3 is 9.57 Å². The van der Waals surface area contributed by atoms with Crippen LogP contribution in [0.4, 0.5) is 4.79 Å². The maximum atomic E-state index is 13.1. The van der Waals surface area contributed by atoms with Crippen LogP contribution in [0.25, 0.3) is 0 Å². The zero-order chi connectivity index (χ0) is 20.7. The van der Waals surface area contributed by atoms with Crippen molar-refractivity contribution in [3.63, 3.8) is 0 Å². The second-order valence-electron chi connectivity index (χ2n) is 7.95. The zero-order valence-corrected chi connectivity index (χ0v) is 16.5. The molecule has 1 atom stereocenters. The minimum Gasteiger partial charge on any atom is -0.444 e. The molecule has 150 valence electrons. The molecule has 8 nitrogen and oxygen atoms in total. The molecule has 2 heterocycles. The van der Waals surface area contributed by atoms with Crippen LogP contribution >= 0.6 is 0 Å². The number of fused-ring (bicyclic) bond motifs is 1. The number of amides is 3. The number of hydrogen-bond acceptors (Lipinski definition) is 6. The Balaban J connectivity index is 1.83. The van der Waals surface area contributed by atoms with Crippen LogP contribution in [0.15, 0.2) is 24.3 Å². The molecule has 3 rings (SSSR count). The first-order chi connectivity index (χ1) is 13.1. The Morgan fingerprint density at radius 3 is 2.18 bits per heavy atom. The molecule has 2 aliphatic rings. The minimum atomic E-state index is -1.28. The van der Waals surface area contributed by atoms with Crippen LogP contribution in [0.3, 0.4) is 0 Å². The Kier molecular flexibility index (Phi) is 4.91. The van der Waals surface area contributed by atoms with Crippen molar-refractivity contribution in [3.05, 3.63) is 35.4 Å². The number of benzene rings is 1. The molecule has 0 N–H and O–H groups in total. The number of carbonyl (C=O) groups excluding carboxylic acids is 4. The van der Waals surface area contributed by atoms with Gasteiger partial charge in [0.15, 0.2) is 0 Å². The lowest BCUT2D eigenvalue weighted by atomic mass is 9.93. The lowest BCUT2D eigenvalue weighted by molar-refractivity contribution is -0.181. The van der Waals surface area contributed by atoms with Gasteiger partial charge in [-0.3, -0.25) is 14.5 Å². The number of imide groups is 1. The number of likely N-dealkylation sites (tertiary alicyclic amines) is 1. The number of nitrogens with zero attached hydrogens (tertiary/aromatic N) is 2. The van der Waals surface area contributed by atoms with Crippen LogP contribution in [-0.4, -0.2) is 51.5 Å². The predicted octanol–water partition coefficient (Wildman–Crippen LogP) is 2.92. The normalized spacial score (nSPS) is 21.7. The highest BCUT2D eigenvalue weighted by atomic mass is 16.7. The van der Waals surface area contributed by atoms with Gasteiger partial charge in [0.05, 0.1) is 11.1 Å². The third-order valence-corrected chi connectivity index (χ3v) is 5.00. The van der Waals surface area contributed by atoms with E-state index in [1.54, 1.807) is 39.8 Å². The summed E-state index contributed by atoms with van der Waals surface area (Å²) in [5, 5.41) is 0.482. The Labute approximate surface area is 163 Å². The highest BCUT2D eigenvalue weighted by Gasteiger charge is 2.53. The molecule has 0 saturated carbocycles. The average molecular weight is 388 g/mol. The molecule has 0 aromatic heterocycles. The highest BCUT2D eigenvalue weighted by molar-refractivity contribution is 6.21. The molecule has 0 spiro atoms. The fraction of sp³-hybridized carbons (Fsp3) is 0.500. The van der Waals surface area contributed by atoms with E-state index < -0.39 is 35.0 Å². The van der Waals surface area contributed by atoms with Crippen LogP contribution in [0, 0.1) is 0 Å². The smallest absolute Gasteiger partial charge is 0.411 e. The monoisotopic (exact) mass is 388 g/mol. The van der Waals surface area contributed by atoms with E-state index in [9.17, 15) is 19.2 Å². The van der Waals surface area contributed by atoms with Crippen molar-refractivity contribution in [2.24, 2.45) is 0 Å². The van der Waals surface area contributed by atoms with Crippen molar-refractivity contribution in [2.45, 2.75) is 58.1 Å². The van der Waals surface area contributed by atoms with Gasteiger partial charge in [-0.2, -0.15) is 0 Å². The summed E-state index contributed by atoms with van der Waals surface area (Å²) in [5.41, 5.74) is -1.63. The molecule has 1 aromatic carbocycles. The zero-order valence-electron chi connectivity index (χ0n) is 16.5. The van der Waals surface area contributed by atoms with E-state index in [1.165, 1.54) is 17.0 Å². The number of carbonyl (C=O) groups is 4. The predicted molar refractivity (Wildman–Crippen MR) is 98.2 cm³/mol. The van der Waals surface area contributed by atoms with Gasteiger partial charge in [0.25, 0.3) is 11.8 Å². The molecule has 8 heteroatoms. The second-order valence-corrected chi connectivity index (χ2v) is 7.95. The average Bonchev–Trinajstić information content (AvgIpc) is 3.17. The van der Waals surface area contributed by atoms with E-state index in [1.807, 2.05) is 0 Å². The van der Waals surface area contributed by atoms with Crippen molar-refractivity contribution in [1.29, 1.82) is 0 Å². The number of hydroxylamine groups is 2. The maximum Gasteiger partial charge on any atom is 0.411 e. The molecule has 0 radical (unpaired) electrons. The first-order valence-electron chi connectivity index (χ1n) is 9.31. The van der Waals surface area contributed by atoms with Gasteiger partial charge in [0.1, 0.15) is 11.1 Å². The van der Waals surface area contributed by atoms with Gasteiger partial charge in [-0.05, 0) is 52.2 Å². The van der Waals surface area contributed by atoms with Gasteiger partial charge in [0.2, 0.25) is 0 Å². The van der Waals surface area contributed by atoms with Crippen LogP contribution in [0.5, 0.6) is 0 Å². The summed E-state index contributed by atoms with van der Waals surface area (Å²) >= 11 is 0. The van der Waals surface area contributed by atoms with Crippen molar-refractivity contribution in [1.82, 2.24) is 9.96 Å². The molecular weight excluding hydrogens is 364 g/mol. The van der Waals surface area contributed by atoms with Crippen molar-refractivity contribution < 1.29 is 28.8 Å².